The summed E-state index contributed by atoms with van der Waals surface area (Å²) in [6, 6.07) is 8.91. The molecule has 1 aromatic carbocycles. The summed E-state index contributed by atoms with van der Waals surface area (Å²) in [6.07, 6.45) is -4.77. The van der Waals surface area contributed by atoms with Crippen LogP contribution in [-0.2, 0) is 4.79 Å². The molecule has 1 saturated heterocycles. The van der Waals surface area contributed by atoms with Crippen molar-refractivity contribution >= 4 is 28.8 Å². The van der Waals surface area contributed by atoms with Gasteiger partial charge in [-0.3, -0.25) is 9.59 Å². The van der Waals surface area contributed by atoms with Crippen molar-refractivity contribution in [3.8, 4) is 5.75 Å². The molecule has 10 heteroatoms. The smallest absolute Gasteiger partial charge is 0.406 e. The van der Waals surface area contributed by atoms with E-state index in [1.165, 1.54) is 29.5 Å². The molecule has 0 atom stereocenters. The molecule has 0 radical (unpaired) electrons. The predicted octanol–water partition coefficient (Wildman–Crippen LogP) is 3.04. The van der Waals surface area contributed by atoms with Crippen LogP contribution in [0.5, 0.6) is 5.75 Å². The van der Waals surface area contributed by atoms with Crippen molar-refractivity contribution in [3.63, 3.8) is 0 Å². The Labute approximate surface area is 163 Å². The largest absolute Gasteiger partial charge is 0.573 e. The summed E-state index contributed by atoms with van der Waals surface area (Å²) >= 11 is 1.38. The minimum absolute atomic E-state index is 0.0401. The van der Waals surface area contributed by atoms with E-state index in [0.29, 0.717) is 36.7 Å². The number of nitrogens with zero attached hydrogens (tertiary/aromatic N) is 2. The van der Waals surface area contributed by atoms with E-state index in [2.05, 4.69) is 10.1 Å². The lowest BCUT2D eigenvalue weighted by Crippen LogP contribution is -2.51. The molecule has 28 heavy (non-hydrogen) atoms. The fraction of sp³-hybridized carbons (Fsp3) is 0.333. The minimum atomic E-state index is -4.77. The first-order valence-corrected chi connectivity index (χ1v) is 9.40. The third-order valence-electron chi connectivity index (χ3n) is 4.16. The van der Waals surface area contributed by atoms with E-state index in [-0.39, 0.29) is 24.1 Å². The van der Waals surface area contributed by atoms with Crippen molar-refractivity contribution in [1.82, 2.24) is 9.80 Å². The molecule has 150 valence electrons. The van der Waals surface area contributed by atoms with Crippen LogP contribution in [0.2, 0.25) is 0 Å². The minimum Gasteiger partial charge on any atom is -0.406 e. The number of nitrogens with one attached hydrogen (secondary N) is 1. The fourth-order valence-corrected chi connectivity index (χ4v) is 3.50. The summed E-state index contributed by atoms with van der Waals surface area (Å²) in [5, 5.41) is 4.65. The van der Waals surface area contributed by atoms with Crippen molar-refractivity contribution < 1.29 is 27.5 Å². The molecular formula is C18H18F3N3O3S. The van der Waals surface area contributed by atoms with Crippen LogP contribution in [0, 0.1) is 0 Å². The highest BCUT2D eigenvalue weighted by Gasteiger charge is 2.31. The highest BCUT2D eigenvalue weighted by molar-refractivity contribution is 7.12. The molecule has 3 rings (SSSR count). The fourth-order valence-electron chi connectivity index (χ4n) is 2.81. The Morgan fingerprint density at radius 2 is 1.79 bits per heavy atom. The highest BCUT2D eigenvalue weighted by Crippen LogP contribution is 2.25. The summed E-state index contributed by atoms with van der Waals surface area (Å²) in [4.78, 5) is 28.7. The van der Waals surface area contributed by atoms with Gasteiger partial charge in [-0.25, -0.2) is 0 Å². The summed E-state index contributed by atoms with van der Waals surface area (Å²) in [6.45, 7) is 1.65. The molecule has 2 heterocycles. The molecule has 2 amide bonds. The van der Waals surface area contributed by atoms with E-state index in [9.17, 15) is 22.8 Å². The number of thiophene rings is 1. The van der Waals surface area contributed by atoms with Gasteiger partial charge in [-0.1, -0.05) is 12.1 Å². The Morgan fingerprint density at radius 3 is 2.43 bits per heavy atom. The number of piperazine rings is 1. The van der Waals surface area contributed by atoms with Gasteiger partial charge in [0.15, 0.2) is 0 Å². The number of benzene rings is 1. The average molecular weight is 413 g/mol. The zero-order valence-electron chi connectivity index (χ0n) is 14.7. The number of halogens is 3. The molecule has 1 N–H and O–H groups in total. The van der Waals surface area contributed by atoms with Crippen molar-refractivity contribution in [1.29, 1.82) is 0 Å². The van der Waals surface area contributed by atoms with E-state index in [1.54, 1.807) is 21.9 Å². The summed E-state index contributed by atoms with van der Waals surface area (Å²) in [7, 11) is 0. The van der Waals surface area contributed by atoms with Crippen LogP contribution in [0.15, 0.2) is 41.8 Å². The first kappa shape index (κ1) is 20.0. The molecule has 2 aromatic rings. The second-order valence-electron chi connectivity index (χ2n) is 6.08. The number of ether oxygens (including phenoxy) is 1. The van der Waals surface area contributed by atoms with E-state index < -0.39 is 6.36 Å². The molecule has 0 bridgehead atoms. The van der Waals surface area contributed by atoms with Crippen molar-refractivity contribution in [2.75, 3.05) is 38.0 Å². The zero-order chi connectivity index (χ0) is 20.1. The van der Waals surface area contributed by atoms with Gasteiger partial charge in [0.25, 0.3) is 5.91 Å². The molecule has 0 spiro atoms. The molecule has 1 aliphatic heterocycles. The number of carbonyl (C=O) groups is 2. The number of amides is 2. The van der Waals surface area contributed by atoms with E-state index >= 15 is 0 Å². The SMILES string of the molecule is O=C(CNc1cccc(OC(F)(F)F)c1)N1CCN(C(=O)c2cccs2)CC1. The van der Waals surface area contributed by atoms with Crippen LogP contribution in [0.25, 0.3) is 0 Å². The van der Waals surface area contributed by atoms with Gasteiger partial charge in [-0.15, -0.1) is 24.5 Å². The molecule has 6 nitrogen and oxygen atoms in total. The molecule has 1 aromatic heterocycles. The monoisotopic (exact) mass is 413 g/mol. The van der Waals surface area contributed by atoms with Gasteiger partial charge in [-0.2, -0.15) is 0 Å². The Balaban J connectivity index is 1.47. The van der Waals surface area contributed by atoms with Gasteiger partial charge < -0.3 is 19.9 Å². The lowest BCUT2D eigenvalue weighted by molar-refractivity contribution is -0.274. The van der Waals surface area contributed by atoms with Crippen molar-refractivity contribution in [3.05, 3.63) is 46.7 Å². The van der Waals surface area contributed by atoms with Crippen LogP contribution in [0.1, 0.15) is 9.67 Å². The normalized spacial score (nSPS) is 14.7. The van der Waals surface area contributed by atoms with Crippen LogP contribution in [0.3, 0.4) is 0 Å². The standard InChI is InChI=1S/C18H18F3N3O3S/c19-18(20,21)27-14-4-1-3-13(11-14)22-12-16(25)23-6-8-24(9-7-23)17(26)15-5-2-10-28-15/h1-5,10-11,22H,6-9,12H2. The maximum absolute atomic E-state index is 12.3. The molecule has 1 aliphatic rings. The quantitative estimate of drug-likeness (QED) is 0.819. The second kappa shape index (κ2) is 8.51. The Hall–Kier alpha value is -2.75. The van der Waals surface area contributed by atoms with Crippen LogP contribution < -0.4 is 10.1 Å². The Bertz CT molecular complexity index is 819. The van der Waals surface area contributed by atoms with Gasteiger partial charge >= 0.3 is 6.36 Å². The van der Waals surface area contributed by atoms with E-state index in [1.807, 2.05) is 11.4 Å². The van der Waals surface area contributed by atoms with Gasteiger partial charge in [0.1, 0.15) is 5.75 Å². The van der Waals surface area contributed by atoms with Gasteiger partial charge in [-0.05, 0) is 23.6 Å². The molecule has 1 fully saturated rings. The van der Waals surface area contributed by atoms with Gasteiger partial charge in [0, 0.05) is 37.9 Å². The van der Waals surface area contributed by atoms with Crippen LogP contribution >= 0.6 is 11.3 Å². The third kappa shape index (κ3) is 5.38. The lowest BCUT2D eigenvalue weighted by atomic mass is 10.2. The van der Waals surface area contributed by atoms with Crippen molar-refractivity contribution in [2.24, 2.45) is 0 Å². The number of alkyl halides is 3. The van der Waals surface area contributed by atoms with Crippen molar-refractivity contribution in [2.45, 2.75) is 6.36 Å². The van der Waals surface area contributed by atoms with Crippen LogP contribution in [-0.4, -0.2) is 60.7 Å². The number of rotatable bonds is 5. The topological polar surface area (TPSA) is 61.9 Å². The third-order valence-corrected chi connectivity index (χ3v) is 5.02. The van der Waals surface area contributed by atoms with E-state index in [4.69, 9.17) is 0 Å². The molecule has 0 saturated carbocycles. The zero-order valence-corrected chi connectivity index (χ0v) is 15.6. The number of hydrogen-bond acceptors (Lipinski definition) is 5. The maximum atomic E-state index is 12.3. The molecular weight excluding hydrogens is 395 g/mol. The number of hydrogen-bond donors (Lipinski definition) is 1. The first-order valence-electron chi connectivity index (χ1n) is 8.52. The van der Waals surface area contributed by atoms with Gasteiger partial charge in [0.05, 0.1) is 11.4 Å². The molecule has 0 unspecified atom stereocenters. The highest BCUT2D eigenvalue weighted by atomic mass is 32.1. The maximum Gasteiger partial charge on any atom is 0.573 e. The number of anilines is 1. The molecule has 0 aliphatic carbocycles. The van der Waals surface area contributed by atoms with E-state index in [0.717, 1.165) is 0 Å². The summed E-state index contributed by atoms with van der Waals surface area (Å²) < 4.78 is 40.7. The lowest BCUT2D eigenvalue weighted by Gasteiger charge is -2.34. The Kier molecular flexibility index (Phi) is 6.08. The summed E-state index contributed by atoms with van der Waals surface area (Å²) in [5.41, 5.74) is 0.349. The van der Waals surface area contributed by atoms with Crippen LogP contribution in [0.4, 0.5) is 18.9 Å². The summed E-state index contributed by atoms with van der Waals surface area (Å²) in [5.74, 6) is -0.585. The first-order chi connectivity index (χ1) is 13.3. The Morgan fingerprint density at radius 1 is 1.07 bits per heavy atom. The van der Waals surface area contributed by atoms with Gasteiger partial charge in [0.2, 0.25) is 5.91 Å². The predicted molar refractivity (Wildman–Crippen MR) is 98.4 cm³/mol. The second-order valence-corrected chi connectivity index (χ2v) is 7.03. The number of carbonyl (C=O) groups excluding carboxylic acids is 2. The average Bonchev–Trinajstić information content (AvgIpc) is 3.19.